The number of carbonyl (C=O) groups excluding carboxylic acids is 2. The number of hydrogen-bond acceptors (Lipinski definition) is 5. The molecule has 1 aromatic heterocycles. The summed E-state index contributed by atoms with van der Waals surface area (Å²) in [5, 5.41) is 7.90. The van der Waals surface area contributed by atoms with E-state index in [9.17, 15) is 9.59 Å². The van der Waals surface area contributed by atoms with E-state index in [2.05, 4.69) is 10.4 Å². The zero-order valence-electron chi connectivity index (χ0n) is 17.6. The van der Waals surface area contributed by atoms with Crippen LogP contribution in [0.5, 0.6) is 0 Å². The lowest BCUT2D eigenvalue weighted by Crippen LogP contribution is -2.54. The van der Waals surface area contributed by atoms with E-state index in [-0.39, 0.29) is 10.7 Å². The van der Waals surface area contributed by atoms with Crippen molar-refractivity contribution < 1.29 is 9.59 Å². The topological polar surface area (TPSA) is 67.2 Å². The van der Waals surface area contributed by atoms with Crippen LogP contribution in [0.1, 0.15) is 16.8 Å². The van der Waals surface area contributed by atoms with Gasteiger partial charge in [0.05, 0.1) is 11.4 Å². The molecule has 0 spiro atoms. The summed E-state index contributed by atoms with van der Waals surface area (Å²) < 4.78 is 1.52. The summed E-state index contributed by atoms with van der Waals surface area (Å²) in [5.74, 6) is -0.631. The number of benzene rings is 2. The lowest BCUT2D eigenvalue weighted by atomic mass is 10.1. The molecule has 0 saturated carbocycles. The molecule has 1 saturated heterocycles. The maximum absolute atomic E-state index is 13.3. The molecule has 10 heteroatoms. The van der Waals surface area contributed by atoms with E-state index >= 15 is 0 Å². The molecular weight excluding hydrogens is 499 g/mol. The highest BCUT2D eigenvalue weighted by molar-refractivity contribution is 7.98. The number of carbonyl (C=O) groups is 2. The maximum Gasteiger partial charge on any atom is 0.270 e. The first-order valence-electron chi connectivity index (χ1n) is 9.82. The van der Waals surface area contributed by atoms with Gasteiger partial charge in [-0.05, 0) is 61.6 Å². The van der Waals surface area contributed by atoms with Crippen LogP contribution in [0.2, 0.25) is 10.2 Å². The highest BCUT2D eigenvalue weighted by Gasteiger charge is 2.35. The zero-order valence-corrected chi connectivity index (χ0v) is 20.8. The summed E-state index contributed by atoms with van der Waals surface area (Å²) in [4.78, 5) is 28.3. The normalized spacial score (nSPS) is 15.3. The van der Waals surface area contributed by atoms with Crippen molar-refractivity contribution in [3.05, 3.63) is 81.1 Å². The largest absolute Gasteiger partial charge is 0.298 e. The van der Waals surface area contributed by atoms with Gasteiger partial charge in [-0.25, -0.2) is 0 Å². The van der Waals surface area contributed by atoms with Gasteiger partial charge in [0.2, 0.25) is 0 Å². The Morgan fingerprint density at radius 1 is 1.09 bits per heavy atom. The van der Waals surface area contributed by atoms with Crippen LogP contribution in [-0.2, 0) is 22.4 Å². The molecule has 0 bridgehead atoms. The van der Waals surface area contributed by atoms with E-state index in [1.54, 1.807) is 43.1 Å². The number of nitrogens with zero attached hydrogens (tertiary/aromatic N) is 3. The minimum atomic E-state index is -0.590. The second-order valence-corrected chi connectivity index (χ2v) is 9.54. The third-order valence-corrected chi connectivity index (χ3v) is 6.97. The second kappa shape index (κ2) is 9.69. The number of rotatable bonds is 5. The third-order valence-electron chi connectivity index (χ3n) is 4.96. The monoisotopic (exact) mass is 516 g/mol. The van der Waals surface area contributed by atoms with Gasteiger partial charge >= 0.3 is 0 Å². The number of nitrogens with one attached hydrogen (secondary N) is 1. The van der Waals surface area contributed by atoms with Crippen molar-refractivity contribution in [3.63, 3.8) is 0 Å². The van der Waals surface area contributed by atoms with Crippen molar-refractivity contribution in [2.75, 3.05) is 4.90 Å². The minimum Gasteiger partial charge on any atom is -0.298 e. The van der Waals surface area contributed by atoms with Crippen LogP contribution in [0.15, 0.2) is 59.0 Å². The lowest BCUT2D eigenvalue weighted by molar-refractivity contribution is -0.122. The van der Waals surface area contributed by atoms with Crippen molar-refractivity contribution in [3.8, 4) is 0 Å². The van der Waals surface area contributed by atoms with Crippen molar-refractivity contribution in [2.24, 2.45) is 7.05 Å². The molecule has 1 fully saturated rings. The number of aryl methyl sites for hydroxylation is 2. The fourth-order valence-electron chi connectivity index (χ4n) is 3.23. The molecule has 0 radical (unpaired) electrons. The molecule has 6 nitrogen and oxygen atoms in total. The molecule has 3 aromatic rings. The van der Waals surface area contributed by atoms with Gasteiger partial charge in [0, 0.05) is 28.3 Å². The predicted octanol–water partition coefficient (Wildman–Crippen LogP) is 5.16. The van der Waals surface area contributed by atoms with Gasteiger partial charge in [0.1, 0.15) is 10.7 Å². The molecule has 1 aliphatic rings. The van der Waals surface area contributed by atoms with E-state index in [1.807, 2.05) is 31.2 Å². The third kappa shape index (κ3) is 4.99. The number of amides is 2. The molecule has 4 rings (SSSR count). The van der Waals surface area contributed by atoms with Crippen LogP contribution >= 0.6 is 47.2 Å². The molecule has 2 heterocycles. The number of aromatic nitrogens is 2. The quantitative estimate of drug-likeness (QED) is 0.219. The van der Waals surface area contributed by atoms with Gasteiger partial charge in [-0.15, -0.1) is 11.8 Å². The Bertz CT molecular complexity index is 1290. The molecule has 168 valence electrons. The fraction of sp³-hybridized carbons (Fsp3) is 0.130. The number of halogens is 2. The Hall–Kier alpha value is -2.65. The van der Waals surface area contributed by atoms with Gasteiger partial charge < -0.3 is 0 Å². The molecule has 0 aliphatic carbocycles. The molecule has 2 amide bonds. The molecule has 33 heavy (non-hydrogen) atoms. The summed E-state index contributed by atoms with van der Waals surface area (Å²) in [5.41, 5.74) is 2.76. The molecule has 1 aliphatic heterocycles. The molecule has 2 aromatic carbocycles. The summed E-state index contributed by atoms with van der Waals surface area (Å²) in [6.07, 6.45) is 1.47. The average molecular weight is 517 g/mol. The Balaban J connectivity index is 1.67. The van der Waals surface area contributed by atoms with E-state index in [1.165, 1.54) is 21.2 Å². The van der Waals surface area contributed by atoms with Crippen LogP contribution in [-0.4, -0.2) is 26.7 Å². The van der Waals surface area contributed by atoms with Crippen molar-refractivity contribution >= 4 is 75.9 Å². The lowest BCUT2D eigenvalue weighted by Gasteiger charge is -2.28. The smallest absolute Gasteiger partial charge is 0.270 e. The first-order valence-corrected chi connectivity index (χ1v) is 12.0. The first kappa shape index (κ1) is 23.5. The Kier molecular flexibility index (Phi) is 6.90. The van der Waals surface area contributed by atoms with Crippen molar-refractivity contribution in [1.29, 1.82) is 0 Å². The van der Waals surface area contributed by atoms with Gasteiger partial charge in [-0.2, -0.15) is 5.10 Å². The molecular formula is C23H18Cl2N4O2S2. The summed E-state index contributed by atoms with van der Waals surface area (Å²) in [6.45, 7) is 2.03. The predicted molar refractivity (Wildman–Crippen MR) is 137 cm³/mol. The SMILES string of the molecule is Cc1ccc(SCc2nn(C)c(Cl)c2C=C2C(=O)NC(=S)N(c3ccc(Cl)cc3)C2=O)cc1. The van der Waals surface area contributed by atoms with Gasteiger partial charge in [-0.3, -0.25) is 24.5 Å². The van der Waals surface area contributed by atoms with Crippen LogP contribution < -0.4 is 10.2 Å². The fourth-order valence-corrected chi connectivity index (χ4v) is 4.69. The van der Waals surface area contributed by atoms with E-state index in [0.29, 0.717) is 32.9 Å². The average Bonchev–Trinajstić information content (AvgIpc) is 3.05. The summed E-state index contributed by atoms with van der Waals surface area (Å²) in [7, 11) is 1.71. The van der Waals surface area contributed by atoms with Crippen LogP contribution in [0, 0.1) is 6.92 Å². The van der Waals surface area contributed by atoms with E-state index in [0.717, 1.165) is 4.90 Å². The zero-order chi connectivity index (χ0) is 23.7. The molecule has 1 N–H and O–H groups in total. The minimum absolute atomic E-state index is 0.00286. The maximum atomic E-state index is 13.3. The van der Waals surface area contributed by atoms with Crippen LogP contribution in [0.4, 0.5) is 5.69 Å². The summed E-state index contributed by atoms with van der Waals surface area (Å²) in [6, 6.07) is 14.7. The molecule has 0 unspecified atom stereocenters. The van der Waals surface area contributed by atoms with Gasteiger partial charge in [-0.1, -0.05) is 40.9 Å². The van der Waals surface area contributed by atoms with Gasteiger partial charge in [0.15, 0.2) is 5.11 Å². The Morgan fingerprint density at radius 2 is 1.76 bits per heavy atom. The van der Waals surface area contributed by atoms with E-state index in [4.69, 9.17) is 35.4 Å². The van der Waals surface area contributed by atoms with Gasteiger partial charge in [0.25, 0.3) is 11.8 Å². The number of hydrogen-bond donors (Lipinski definition) is 1. The summed E-state index contributed by atoms with van der Waals surface area (Å²) >= 11 is 19.3. The Morgan fingerprint density at radius 3 is 2.42 bits per heavy atom. The number of thiocarbonyl (C=S) groups is 1. The second-order valence-electron chi connectivity index (χ2n) is 7.31. The van der Waals surface area contributed by atoms with Crippen molar-refractivity contribution in [1.82, 2.24) is 15.1 Å². The highest BCUT2D eigenvalue weighted by atomic mass is 35.5. The number of thioether (sulfide) groups is 1. The van der Waals surface area contributed by atoms with Crippen molar-refractivity contribution in [2.45, 2.75) is 17.6 Å². The Labute approximate surface area is 210 Å². The van der Waals surface area contributed by atoms with Crippen LogP contribution in [0.25, 0.3) is 6.08 Å². The van der Waals surface area contributed by atoms with E-state index < -0.39 is 11.8 Å². The standard InChI is InChI=1S/C23H18Cl2N4O2S2/c1-13-3-9-16(10-4-13)33-12-19-17(20(25)28(2)27-19)11-18-21(30)26-23(32)29(22(18)31)15-7-5-14(24)6-8-15/h3-11H,12H2,1-2H3,(H,26,30,32). The first-order chi connectivity index (χ1) is 15.7. The molecule has 0 atom stereocenters. The highest BCUT2D eigenvalue weighted by Crippen LogP contribution is 2.30. The van der Waals surface area contributed by atoms with Crippen LogP contribution in [0.3, 0.4) is 0 Å². The number of anilines is 1.